The maximum atomic E-state index is 12.3. The molecule has 1 N–H and O–H groups in total. The highest BCUT2D eigenvalue weighted by molar-refractivity contribution is 5.91. The van der Waals surface area contributed by atoms with Crippen LogP contribution in [-0.2, 0) is 11.2 Å². The lowest BCUT2D eigenvalue weighted by atomic mass is 10.2. The Morgan fingerprint density at radius 2 is 1.82 bits per heavy atom. The zero-order chi connectivity index (χ0) is 19.9. The fraction of sp³-hybridized carbons (Fsp3) is 0.304. The topological polar surface area (TPSA) is 50.2 Å². The molecule has 1 amide bonds. The molecule has 0 bridgehead atoms. The molecule has 5 nitrogen and oxygen atoms in total. The van der Waals surface area contributed by atoms with Gasteiger partial charge in [-0.15, -0.1) is 0 Å². The number of para-hydroxylation sites is 1. The minimum atomic E-state index is 0.0106. The molecule has 0 atom stereocenters. The van der Waals surface area contributed by atoms with E-state index in [1.807, 2.05) is 59.5 Å². The molecule has 0 aliphatic rings. The van der Waals surface area contributed by atoms with E-state index < -0.39 is 0 Å². The number of carbonyl (C=O) groups excluding carboxylic acids is 1. The van der Waals surface area contributed by atoms with Gasteiger partial charge in [0.15, 0.2) is 0 Å². The minimum absolute atomic E-state index is 0.0106. The second-order valence-electron chi connectivity index (χ2n) is 7.10. The first-order valence-electron chi connectivity index (χ1n) is 9.82. The quantitative estimate of drug-likeness (QED) is 0.621. The van der Waals surface area contributed by atoms with E-state index in [1.54, 1.807) is 0 Å². The van der Waals surface area contributed by atoms with Crippen molar-refractivity contribution >= 4 is 17.3 Å². The Labute approximate surface area is 167 Å². The smallest absolute Gasteiger partial charge is 0.224 e. The first kappa shape index (κ1) is 19.7. The van der Waals surface area contributed by atoms with E-state index in [1.165, 1.54) is 5.69 Å². The number of aromatic nitrogens is 2. The van der Waals surface area contributed by atoms with E-state index in [-0.39, 0.29) is 5.91 Å². The monoisotopic (exact) mass is 376 g/mol. The normalized spacial score (nSPS) is 10.9. The van der Waals surface area contributed by atoms with Crippen molar-refractivity contribution in [1.29, 1.82) is 0 Å². The molecule has 1 heterocycles. The predicted molar refractivity (Wildman–Crippen MR) is 115 cm³/mol. The van der Waals surface area contributed by atoms with Gasteiger partial charge in [-0.1, -0.05) is 18.2 Å². The van der Waals surface area contributed by atoms with Crippen molar-refractivity contribution in [1.82, 2.24) is 9.78 Å². The summed E-state index contributed by atoms with van der Waals surface area (Å²) in [6, 6.07) is 18.4. The Hall–Kier alpha value is -3.08. The molecule has 0 saturated heterocycles. The standard InChI is InChI=1S/C23H28N4O/c1-4-26(18(2)3)21-13-11-20(12-14-21)25-23(28)15-10-19-16-24-27(17-19)22-8-6-5-7-9-22/h5-9,11-14,16-18H,4,10,15H2,1-3H3,(H,25,28). The van der Waals surface area contributed by atoms with Crippen molar-refractivity contribution in [2.45, 2.75) is 39.7 Å². The second kappa shape index (κ2) is 9.22. The number of amides is 1. The van der Waals surface area contributed by atoms with Crippen LogP contribution in [-0.4, -0.2) is 28.3 Å². The Bertz CT molecular complexity index is 884. The van der Waals surface area contributed by atoms with E-state index in [2.05, 4.69) is 48.2 Å². The van der Waals surface area contributed by atoms with Crippen molar-refractivity contribution in [2.75, 3.05) is 16.8 Å². The molecule has 28 heavy (non-hydrogen) atoms. The lowest BCUT2D eigenvalue weighted by molar-refractivity contribution is -0.116. The molecule has 3 rings (SSSR count). The summed E-state index contributed by atoms with van der Waals surface area (Å²) in [4.78, 5) is 14.6. The number of carbonyl (C=O) groups is 1. The fourth-order valence-corrected chi connectivity index (χ4v) is 3.27. The van der Waals surface area contributed by atoms with Gasteiger partial charge >= 0.3 is 0 Å². The SMILES string of the molecule is CCN(c1ccc(NC(=O)CCc2cnn(-c3ccccc3)c2)cc1)C(C)C. The van der Waals surface area contributed by atoms with Crippen LogP contribution < -0.4 is 10.2 Å². The summed E-state index contributed by atoms with van der Waals surface area (Å²) in [6.07, 6.45) is 4.88. The highest BCUT2D eigenvalue weighted by Crippen LogP contribution is 2.20. The van der Waals surface area contributed by atoms with Crippen LogP contribution in [0, 0.1) is 0 Å². The number of rotatable bonds is 8. The molecule has 146 valence electrons. The van der Waals surface area contributed by atoms with Gasteiger partial charge in [0.2, 0.25) is 5.91 Å². The third-order valence-electron chi connectivity index (χ3n) is 4.74. The number of nitrogens with zero attached hydrogens (tertiary/aromatic N) is 3. The molecule has 0 saturated carbocycles. The number of nitrogens with one attached hydrogen (secondary N) is 1. The number of aryl methyl sites for hydroxylation is 1. The van der Waals surface area contributed by atoms with Gasteiger partial charge in [0.25, 0.3) is 0 Å². The average molecular weight is 377 g/mol. The van der Waals surface area contributed by atoms with E-state index in [0.717, 1.165) is 23.5 Å². The van der Waals surface area contributed by atoms with Crippen LogP contribution in [0.4, 0.5) is 11.4 Å². The summed E-state index contributed by atoms with van der Waals surface area (Å²) in [5.41, 5.74) is 4.06. The third-order valence-corrected chi connectivity index (χ3v) is 4.74. The summed E-state index contributed by atoms with van der Waals surface area (Å²) >= 11 is 0. The summed E-state index contributed by atoms with van der Waals surface area (Å²) in [7, 11) is 0. The number of hydrogen-bond acceptors (Lipinski definition) is 3. The second-order valence-corrected chi connectivity index (χ2v) is 7.10. The number of benzene rings is 2. The van der Waals surface area contributed by atoms with Crippen molar-refractivity contribution in [2.24, 2.45) is 0 Å². The van der Waals surface area contributed by atoms with E-state index in [0.29, 0.717) is 18.9 Å². The zero-order valence-corrected chi connectivity index (χ0v) is 16.8. The summed E-state index contributed by atoms with van der Waals surface area (Å²) in [5, 5.41) is 7.36. The van der Waals surface area contributed by atoms with Gasteiger partial charge in [-0.05, 0) is 69.2 Å². The highest BCUT2D eigenvalue weighted by Gasteiger charge is 2.09. The minimum Gasteiger partial charge on any atom is -0.369 e. The lowest BCUT2D eigenvalue weighted by Gasteiger charge is -2.27. The molecule has 0 unspecified atom stereocenters. The molecule has 5 heteroatoms. The molecule has 3 aromatic rings. The van der Waals surface area contributed by atoms with Gasteiger partial charge in [0.05, 0.1) is 11.9 Å². The van der Waals surface area contributed by atoms with Crippen molar-refractivity contribution in [3.05, 3.63) is 72.6 Å². The van der Waals surface area contributed by atoms with Crippen molar-refractivity contribution in [3.8, 4) is 5.69 Å². The molecule has 0 radical (unpaired) electrons. The maximum absolute atomic E-state index is 12.3. The van der Waals surface area contributed by atoms with Crippen LogP contribution in [0.3, 0.4) is 0 Å². The molecular weight excluding hydrogens is 348 g/mol. The van der Waals surface area contributed by atoms with Gasteiger partial charge in [0, 0.05) is 36.6 Å². The van der Waals surface area contributed by atoms with Gasteiger partial charge in [-0.3, -0.25) is 4.79 Å². The molecule has 1 aromatic heterocycles. The number of anilines is 2. The first-order chi connectivity index (χ1) is 13.6. The van der Waals surface area contributed by atoms with E-state index >= 15 is 0 Å². The van der Waals surface area contributed by atoms with Crippen LogP contribution in [0.25, 0.3) is 5.69 Å². The van der Waals surface area contributed by atoms with Crippen LogP contribution in [0.1, 0.15) is 32.8 Å². The van der Waals surface area contributed by atoms with E-state index in [4.69, 9.17) is 0 Å². The molecular formula is C23H28N4O. The lowest BCUT2D eigenvalue weighted by Crippen LogP contribution is -2.30. The Morgan fingerprint density at radius 1 is 1.11 bits per heavy atom. The molecule has 0 fully saturated rings. The maximum Gasteiger partial charge on any atom is 0.224 e. The van der Waals surface area contributed by atoms with Crippen LogP contribution >= 0.6 is 0 Å². The number of hydrogen-bond donors (Lipinski definition) is 1. The Kier molecular flexibility index (Phi) is 6.48. The Morgan fingerprint density at radius 3 is 2.46 bits per heavy atom. The first-order valence-corrected chi connectivity index (χ1v) is 9.82. The summed E-state index contributed by atoms with van der Waals surface area (Å²) < 4.78 is 1.83. The molecule has 0 spiro atoms. The van der Waals surface area contributed by atoms with Gasteiger partial charge in [-0.25, -0.2) is 4.68 Å². The summed E-state index contributed by atoms with van der Waals surface area (Å²) in [5.74, 6) is 0.0106. The fourth-order valence-electron chi connectivity index (χ4n) is 3.27. The molecule has 0 aliphatic heterocycles. The van der Waals surface area contributed by atoms with Crippen molar-refractivity contribution < 1.29 is 4.79 Å². The predicted octanol–water partition coefficient (Wildman–Crippen LogP) is 4.68. The van der Waals surface area contributed by atoms with E-state index in [9.17, 15) is 4.79 Å². The highest BCUT2D eigenvalue weighted by atomic mass is 16.1. The van der Waals surface area contributed by atoms with Crippen LogP contribution in [0.5, 0.6) is 0 Å². The van der Waals surface area contributed by atoms with Crippen LogP contribution in [0.15, 0.2) is 67.0 Å². The largest absolute Gasteiger partial charge is 0.369 e. The average Bonchev–Trinajstić information content (AvgIpc) is 3.18. The molecule has 2 aromatic carbocycles. The molecule has 0 aliphatic carbocycles. The Balaban J connectivity index is 1.53. The zero-order valence-electron chi connectivity index (χ0n) is 16.8. The van der Waals surface area contributed by atoms with Gasteiger partial charge in [-0.2, -0.15) is 5.10 Å². The van der Waals surface area contributed by atoms with Gasteiger partial charge < -0.3 is 10.2 Å². The third kappa shape index (κ3) is 5.00. The van der Waals surface area contributed by atoms with Gasteiger partial charge in [0.1, 0.15) is 0 Å². The summed E-state index contributed by atoms with van der Waals surface area (Å²) in [6.45, 7) is 7.47. The van der Waals surface area contributed by atoms with Crippen LogP contribution in [0.2, 0.25) is 0 Å². The van der Waals surface area contributed by atoms with Crippen molar-refractivity contribution in [3.63, 3.8) is 0 Å².